The van der Waals surface area contributed by atoms with Gasteiger partial charge in [0, 0.05) is 0 Å². The highest BCUT2D eigenvalue weighted by molar-refractivity contribution is 5.53. The Morgan fingerprint density at radius 3 is 2.80 bits per heavy atom. The van der Waals surface area contributed by atoms with Gasteiger partial charge in [0.05, 0.1) is 0 Å². The molecule has 0 radical (unpaired) electrons. The molecule has 0 atom stereocenters. The minimum Gasteiger partial charge on any atom is -0.170 e. The second-order valence-electron chi connectivity index (χ2n) is 0.455. The average Bonchev–Trinajstić information content (AvgIpc) is 1.76. The topological polar surface area (TPSA) is 46.3 Å². The van der Waals surface area contributed by atoms with Crippen molar-refractivity contribution in [3.63, 3.8) is 0 Å². The zero-order valence-corrected chi connectivity index (χ0v) is 2.25. The Hall–Kier alpha value is -1.02. The third kappa shape index (κ3) is 0.181. The van der Waals surface area contributed by atoms with Crippen LogP contribution in [0.2, 0.25) is 0 Å². The SMILES string of the molecule is [C+]1=NON=N1. The normalized spacial score (nSPS) is 14.4. The molecule has 24 valence electrons. The highest BCUT2D eigenvalue weighted by Crippen LogP contribution is 1.83. The van der Waals surface area contributed by atoms with Gasteiger partial charge < -0.3 is 0 Å². The molecule has 0 spiro atoms. The van der Waals surface area contributed by atoms with E-state index in [0.29, 0.717) is 0 Å². The van der Waals surface area contributed by atoms with E-state index in [1.807, 2.05) is 0 Å². The van der Waals surface area contributed by atoms with Gasteiger partial charge in [0.25, 0.3) is 5.16 Å². The molecule has 0 unspecified atom stereocenters. The van der Waals surface area contributed by atoms with E-state index in [1.165, 1.54) is 0 Å². The molecule has 0 saturated heterocycles. The van der Waals surface area contributed by atoms with E-state index in [2.05, 4.69) is 26.8 Å². The standard InChI is InChI=1S/CN3O/c1-2-4-5-3-1/q+1. The summed E-state index contributed by atoms with van der Waals surface area (Å²) < 4.78 is 0. The molecule has 0 aromatic rings. The van der Waals surface area contributed by atoms with Crippen molar-refractivity contribution in [1.29, 1.82) is 0 Å². The maximum atomic E-state index is 3.92. The number of rotatable bonds is 0. The number of hydrogen-bond donors (Lipinski definition) is 0. The Balaban J connectivity index is 2.61. The number of hydrogen-bond acceptors (Lipinski definition) is 4. The molecule has 0 N–H and O–H groups in total. The van der Waals surface area contributed by atoms with Gasteiger partial charge in [-0.2, -0.15) is 4.94 Å². The molecule has 0 aliphatic carbocycles. The molecular weight excluding hydrogens is 70.0 g/mol. The van der Waals surface area contributed by atoms with Crippen LogP contribution in [0.1, 0.15) is 0 Å². The van der Waals surface area contributed by atoms with Crippen molar-refractivity contribution in [3.8, 4) is 0 Å². The summed E-state index contributed by atoms with van der Waals surface area (Å²) in [5.41, 5.74) is 0. The Morgan fingerprint density at radius 2 is 2.60 bits per heavy atom. The molecule has 0 amide bonds. The third-order valence-corrected chi connectivity index (χ3v) is 0.204. The summed E-state index contributed by atoms with van der Waals surface area (Å²) in [4.78, 5) is 3.92. The molecule has 0 saturated carbocycles. The maximum Gasteiger partial charge on any atom is 0.619 e. The molecule has 4 heteroatoms. The van der Waals surface area contributed by atoms with E-state index in [9.17, 15) is 0 Å². The zero-order valence-electron chi connectivity index (χ0n) is 2.25. The monoisotopic (exact) mass is 70.0 g/mol. The fraction of sp³-hybridized carbons (Fsp3) is 0. The minimum absolute atomic E-state index is 2.08. The van der Waals surface area contributed by atoms with Gasteiger partial charge in [0.2, 0.25) is 0 Å². The van der Waals surface area contributed by atoms with E-state index in [4.69, 9.17) is 0 Å². The largest absolute Gasteiger partial charge is 0.619 e. The van der Waals surface area contributed by atoms with E-state index in [-0.39, 0.29) is 0 Å². The van der Waals surface area contributed by atoms with Gasteiger partial charge >= 0.3 is 6.34 Å². The summed E-state index contributed by atoms with van der Waals surface area (Å²) >= 11 is 0. The van der Waals surface area contributed by atoms with Crippen LogP contribution in [-0.4, -0.2) is 6.34 Å². The molecule has 1 aliphatic heterocycles. The van der Waals surface area contributed by atoms with E-state index < -0.39 is 0 Å². The minimum atomic E-state index is 2.08. The molecule has 5 heavy (non-hydrogen) atoms. The van der Waals surface area contributed by atoms with Crippen molar-refractivity contribution in [2.24, 2.45) is 15.5 Å². The van der Waals surface area contributed by atoms with Crippen LogP contribution in [0.4, 0.5) is 0 Å². The van der Waals surface area contributed by atoms with Crippen LogP contribution in [0.5, 0.6) is 0 Å². The predicted octanol–water partition coefficient (Wildman–Crippen LogP) is 0.204. The first-order valence-electron chi connectivity index (χ1n) is 1.01. The lowest BCUT2D eigenvalue weighted by atomic mass is 11.4. The van der Waals surface area contributed by atoms with Gasteiger partial charge in [-0.1, -0.05) is 0 Å². The van der Waals surface area contributed by atoms with Gasteiger partial charge in [0.1, 0.15) is 5.28 Å². The van der Waals surface area contributed by atoms with E-state index >= 15 is 0 Å². The van der Waals surface area contributed by atoms with Gasteiger partial charge in [-0.3, -0.25) is 0 Å². The fourth-order valence-corrected chi connectivity index (χ4v) is 0.0913. The molecule has 0 bridgehead atoms. The molecule has 4 nitrogen and oxygen atoms in total. The first-order valence-corrected chi connectivity index (χ1v) is 1.01. The lowest BCUT2D eigenvalue weighted by Gasteiger charge is -1.50. The summed E-state index contributed by atoms with van der Waals surface area (Å²) in [6.45, 7) is 0. The quantitative estimate of drug-likeness (QED) is 0.375. The molecule has 0 aromatic heterocycles. The highest BCUT2D eigenvalue weighted by atomic mass is 16.8. The molecular formula is CN3O+. The molecule has 0 fully saturated rings. The summed E-state index contributed by atoms with van der Waals surface area (Å²) in [5, 5.41) is 9.00. The summed E-state index contributed by atoms with van der Waals surface area (Å²) in [6, 6.07) is 0. The van der Waals surface area contributed by atoms with Gasteiger partial charge in [-0.25, -0.2) is 0 Å². The van der Waals surface area contributed by atoms with E-state index in [1.54, 1.807) is 0 Å². The van der Waals surface area contributed by atoms with Crippen molar-refractivity contribution in [1.82, 2.24) is 0 Å². The van der Waals surface area contributed by atoms with Gasteiger partial charge in [0.15, 0.2) is 5.11 Å². The molecule has 0 aromatic carbocycles. The van der Waals surface area contributed by atoms with Crippen LogP contribution in [0.15, 0.2) is 15.5 Å². The van der Waals surface area contributed by atoms with Gasteiger partial charge in [-0.05, 0) is 0 Å². The summed E-state index contributed by atoms with van der Waals surface area (Å²) in [7, 11) is 0. The predicted molar refractivity (Wildman–Crippen MR) is 13.4 cm³/mol. The first-order chi connectivity index (χ1) is 2.50. The molecule has 1 aliphatic rings. The van der Waals surface area contributed by atoms with E-state index in [0.717, 1.165) is 0 Å². The zero-order chi connectivity index (χ0) is 3.54. The lowest BCUT2D eigenvalue weighted by Crippen LogP contribution is -1.48. The Kier molecular flexibility index (Phi) is 0.329. The second-order valence-corrected chi connectivity index (χ2v) is 0.455. The van der Waals surface area contributed by atoms with Crippen LogP contribution in [0.3, 0.4) is 0 Å². The average molecular weight is 70.0 g/mol. The van der Waals surface area contributed by atoms with Crippen molar-refractivity contribution in [3.05, 3.63) is 0 Å². The molecule has 1 rings (SSSR count). The Labute approximate surface area is 28.1 Å². The molecule has 1 heterocycles. The second kappa shape index (κ2) is 0.738. The van der Waals surface area contributed by atoms with Crippen LogP contribution < -0.4 is 0 Å². The van der Waals surface area contributed by atoms with Crippen LogP contribution in [0, 0.1) is 0 Å². The lowest BCUT2D eigenvalue weighted by molar-refractivity contribution is 0.153. The maximum absolute atomic E-state index is 3.92. The first kappa shape index (κ1) is 2.23. The van der Waals surface area contributed by atoms with Crippen LogP contribution in [-0.2, 0) is 4.94 Å². The van der Waals surface area contributed by atoms with Crippen molar-refractivity contribution >= 4 is 6.34 Å². The Bertz CT molecular complexity index is 65.0. The van der Waals surface area contributed by atoms with Crippen molar-refractivity contribution < 1.29 is 4.94 Å². The van der Waals surface area contributed by atoms with Crippen molar-refractivity contribution in [2.75, 3.05) is 0 Å². The highest BCUT2D eigenvalue weighted by Gasteiger charge is 1.99. The smallest absolute Gasteiger partial charge is 0.170 e. The van der Waals surface area contributed by atoms with Crippen LogP contribution >= 0.6 is 0 Å². The Morgan fingerprint density at radius 1 is 1.60 bits per heavy atom. The van der Waals surface area contributed by atoms with Crippen LogP contribution in [0.25, 0.3) is 0 Å². The van der Waals surface area contributed by atoms with Crippen molar-refractivity contribution in [2.45, 2.75) is 0 Å². The van der Waals surface area contributed by atoms with Gasteiger partial charge in [-0.15, -0.1) is 0 Å². The fourth-order valence-electron chi connectivity index (χ4n) is 0.0913. The number of nitrogens with zero attached hydrogens (tertiary/aromatic N) is 3. The summed E-state index contributed by atoms with van der Waals surface area (Å²) in [5.74, 6) is 0. The third-order valence-electron chi connectivity index (χ3n) is 0.204. The summed E-state index contributed by atoms with van der Waals surface area (Å²) in [6.07, 6.45) is 2.08.